The van der Waals surface area contributed by atoms with E-state index in [0.717, 1.165) is 0 Å². The van der Waals surface area contributed by atoms with Crippen molar-refractivity contribution in [1.29, 1.82) is 0 Å². The normalized spacial score (nSPS) is 26.8. The maximum atomic E-state index is 14.5. The number of aliphatic hydroxyl groups is 1. The zero-order valence-electron chi connectivity index (χ0n) is 27.0. The largest absolute Gasteiger partial charge is 0.455 e. The molecule has 10 nitrogen and oxygen atoms in total. The Hall–Kier alpha value is -3.51. The third kappa shape index (κ3) is 6.45. The molecular weight excluding hydrogens is 702 g/mol. The molecule has 0 saturated carbocycles. The van der Waals surface area contributed by atoms with Crippen molar-refractivity contribution in [3.63, 3.8) is 0 Å². The van der Waals surface area contributed by atoms with Crippen LogP contribution in [0.2, 0.25) is 5.02 Å². The second-order valence-electron chi connectivity index (χ2n) is 12.5. The summed E-state index contributed by atoms with van der Waals surface area (Å²) in [5.74, 6) is -3.74. The summed E-state index contributed by atoms with van der Waals surface area (Å²) in [6, 6.07) is 14.2. The highest BCUT2D eigenvalue weighted by molar-refractivity contribution is 9.09. The molecule has 0 aromatic heterocycles. The topological polar surface area (TPSA) is 117 Å². The average molecular weight is 743 g/mol. The zero-order chi connectivity index (χ0) is 34.7. The van der Waals surface area contributed by atoms with Gasteiger partial charge in [-0.2, -0.15) is 0 Å². The van der Waals surface area contributed by atoms with Gasteiger partial charge in [0.25, 0.3) is 5.91 Å². The van der Waals surface area contributed by atoms with Crippen LogP contribution in [0.3, 0.4) is 0 Å². The van der Waals surface area contributed by atoms with Gasteiger partial charge in [0.2, 0.25) is 11.8 Å². The molecule has 1 unspecified atom stereocenters. The maximum absolute atomic E-state index is 14.5. The fourth-order valence-corrected chi connectivity index (χ4v) is 8.44. The number of likely N-dealkylation sites (tertiary alicyclic amines) is 1. The Morgan fingerprint density at radius 3 is 2.48 bits per heavy atom. The molecule has 3 aliphatic rings. The van der Waals surface area contributed by atoms with Crippen LogP contribution in [0.4, 0.5) is 5.69 Å². The number of likely N-dealkylation sites (N-methyl/N-ethyl adjacent to an activating group) is 1. The third-order valence-electron chi connectivity index (χ3n) is 9.73. The number of rotatable bonds is 14. The number of halogens is 2. The van der Waals surface area contributed by atoms with Gasteiger partial charge in [0, 0.05) is 42.1 Å². The van der Waals surface area contributed by atoms with Crippen LogP contribution in [0.25, 0.3) is 0 Å². The van der Waals surface area contributed by atoms with Gasteiger partial charge in [0.1, 0.15) is 17.7 Å². The molecule has 8 atom stereocenters. The number of hydrogen-bond donors (Lipinski definition) is 1. The molecule has 3 aliphatic heterocycles. The Kier molecular flexibility index (Phi) is 11.1. The first kappa shape index (κ1) is 35.8. The van der Waals surface area contributed by atoms with E-state index in [1.165, 1.54) is 9.80 Å². The van der Waals surface area contributed by atoms with Crippen molar-refractivity contribution in [3.8, 4) is 0 Å². The Bertz CT molecular complexity index is 1540. The standard InChI is InChI=1S/C36H41BrClN3O7/c1-5-7-13-27(43)39(4)22(3)30(23-11-9-8-10-12-23)47-35(46)28-29-33(44)41(19-20-42)32(36(29)21-26(37)31(28)48-36)34(45)40(18-6-2)25-16-14-24(38)15-17-25/h5-6,8-12,14-17,22,26,28-32,42H,1-2,7,13,18-21H2,3-4H3/t22-,26?,28+,29-,30+,31+,32+,36-/m0/s1. The number of carbonyl (C=O) groups excluding carboxylic acids is 4. The van der Waals surface area contributed by atoms with Crippen molar-refractivity contribution in [3.05, 3.63) is 90.5 Å². The summed E-state index contributed by atoms with van der Waals surface area (Å²) >= 11 is 9.81. The van der Waals surface area contributed by atoms with E-state index < -0.39 is 66.1 Å². The number of β-amino-alcohol motifs (C(OH)–C–C–N with tert-alkyl or cyclic N) is 1. The van der Waals surface area contributed by atoms with Crippen LogP contribution < -0.4 is 4.90 Å². The molecule has 3 heterocycles. The van der Waals surface area contributed by atoms with E-state index in [-0.39, 0.29) is 36.7 Å². The summed E-state index contributed by atoms with van der Waals surface area (Å²) in [6.07, 6.45) is 2.72. The number of fused-ring (bicyclic) bond motifs is 1. The van der Waals surface area contributed by atoms with E-state index in [9.17, 15) is 24.3 Å². The van der Waals surface area contributed by atoms with Gasteiger partial charge in [0.15, 0.2) is 0 Å². The third-order valence-corrected chi connectivity index (χ3v) is 10.8. The molecule has 5 rings (SSSR count). The van der Waals surface area contributed by atoms with Gasteiger partial charge in [-0.05, 0) is 49.6 Å². The van der Waals surface area contributed by atoms with Gasteiger partial charge >= 0.3 is 5.97 Å². The monoisotopic (exact) mass is 741 g/mol. The van der Waals surface area contributed by atoms with Crippen molar-refractivity contribution in [1.82, 2.24) is 9.80 Å². The number of hydrogen-bond acceptors (Lipinski definition) is 7. The van der Waals surface area contributed by atoms with Gasteiger partial charge < -0.3 is 29.3 Å². The van der Waals surface area contributed by atoms with Gasteiger partial charge in [-0.15, -0.1) is 13.2 Å². The maximum Gasteiger partial charge on any atom is 0.313 e. The predicted molar refractivity (Wildman–Crippen MR) is 185 cm³/mol. The predicted octanol–water partition coefficient (Wildman–Crippen LogP) is 4.70. The molecule has 3 amide bonds. The summed E-state index contributed by atoms with van der Waals surface area (Å²) in [4.78, 5) is 60.2. The lowest BCUT2D eigenvalue weighted by molar-refractivity contribution is -0.164. The SMILES string of the molecule is C=CCCC(=O)N(C)[C@@H](C)[C@@H](OC(=O)[C@H]1[C@@H]2O[C@@]3(CC2Br)[C@@H]1C(=O)N(CCO)[C@@H]3C(=O)N(CC=C)c1ccc(Cl)cc1)c1ccccc1. The minimum atomic E-state index is -1.36. The quantitative estimate of drug-likeness (QED) is 0.170. The van der Waals surface area contributed by atoms with Crippen LogP contribution in [-0.4, -0.2) is 94.0 Å². The van der Waals surface area contributed by atoms with Crippen LogP contribution in [0, 0.1) is 11.8 Å². The number of nitrogens with zero attached hydrogens (tertiary/aromatic N) is 3. The first-order valence-electron chi connectivity index (χ1n) is 16.0. The van der Waals surface area contributed by atoms with E-state index in [4.69, 9.17) is 21.1 Å². The highest BCUT2D eigenvalue weighted by atomic mass is 79.9. The van der Waals surface area contributed by atoms with E-state index in [1.807, 2.05) is 37.3 Å². The molecule has 256 valence electrons. The summed E-state index contributed by atoms with van der Waals surface area (Å²) in [5, 5.41) is 10.5. The smallest absolute Gasteiger partial charge is 0.313 e. The van der Waals surface area contributed by atoms with Crippen molar-refractivity contribution in [2.75, 3.05) is 31.6 Å². The summed E-state index contributed by atoms with van der Waals surface area (Å²) in [5.41, 5.74) is -0.124. The van der Waals surface area contributed by atoms with Crippen molar-refractivity contribution in [2.45, 2.75) is 60.9 Å². The number of carbonyl (C=O) groups is 4. The van der Waals surface area contributed by atoms with E-state index in [1.54, 1.807) is 48.4 Å². The number of ether oxygens (including phenoxy) is 2. The number of amides is 3. The first-order chi connectivity index (χ1) is 23.0. The minimum absolute atomic E-state index is 0.125. The molecule has 2 bridgehead atoms. The van der Waals surface area contributed by atoms with Crippen molar-refractivity contribution >= 4 is 56.9 Å². The number of anilines is 1. The fraction of sp³-hybridized carbons (Fsp3) is 0.444. The molecule has 1 spiro atoms. The van der Waals surface area contributed by atoms with Crippen LogP contribution >= 0.6 is 27.5 Å². The number of alkyl halides is 1. The van der Waals surface area contributed by atoms with Gasteiger partial charge in [-0.1, -0.05) is 70.0 Å². The molecule has 12 heteroatoms. The molecule has 1 N–H and O–H groups in total. The van der Waals surface area contributed by atoms with Crippen molar-refractivity contribution in [2.24, 2.45) is 11.8 Å². The summed E-state index contributed by atoms with van der Waals surface area (Å²) in [7, 11) is 1.67. The van der Waals surface area contributed by atoms with Crippen LogP contribution in [-0.2, 0) is 28.7 Å². The number of benzene rings is 2. The number of allylic oxidation sites excluding steroid dienone is 1. The minimum Gasteiger partial charge on any atom is -0.455 e. The van der Waals surface area contributed by atoms with E-state index in [2.05, 4.69) is 29.1 Å². The van der Waals surface area contributed by atoms with Gasteiger partial charge in [0.05, 0.1) is 30.6 Å². The summed E-state index contributed by atoms with van der Waals surface area (Å²) in [6.45, 7) is 8.95. The Morgan fingerprint density at radius 1 is 1.17 bits per heavy atom. The Labute approximate surface area is 294 Å². The Morgan fingerprint density at radius 2 is 1.85 bits per heavy atom. The lowest BCUT2D eigenvalue weighted by Crippen LogP contribution is -2.57. The number of aliphatic hydroxyl groups excluding tert-OH is 1. The van der Waals surface area contributed by atoms with Crippen LogP contribution in [0.5, 0.6) is 0 Å². The average Bonchev–Trinajstić information content (AvgIpc) is 3.68. The molecule has 3 saturated heterocycles. The van der Waals surface area contributed by atoms with Crippen LogP contribution in [0.15, 0.2) is 79.9 Å². The second kappa shape index (κ2) is 14.9. The molecule has 48 heavy (non-hydrogen) atoms. The second-order valence-corrected chi connectivity index (χ2v) is 14.1. The van der Waals surface area contributed by atoms with Gasteiger partial charge in [-0.3, -0.25) is 19.2 Å². The van der Waals surface area contributed by atoms with Crippen molar-refractivity contribution < 1.29 is 33.8 Å². The van der Waals surface area contributed by atoms with E-state index >= 15 is 0 Å². The molecular formula is C36H41BrClN3O7. The Balaban J connectivity index is 1.50. The fourth-order valence-electron chi connectivity index (χ4n) is 7.37. The molecule has 2 aromatic rings. The van der Waals surface area contributed by atoms with Gasteiger partial charge in [-0.25, -0.2) is 0 Å². The highest BCUT2D eigenvalue weighted by Gasteiger charge is 2.77. The lowest BCUT2D eigenvalue weighted by Gasteiger charge is -2.37. The highest BCUT2D eigenvalue weighted by Crippen LogP contribution is 2.60. The van der Waals surface area contributed by atoms with Crippen LogP contribution in [0.1, 0.15) is 37.9 Å². The molecule has 3 fully saturated rings. The van der Waals surface area contributed by atoms with E-state index in [0.29, 0.717) is 22.7 Å². The zero-order valence-corrected chi connectivity index (χ0v) is 29.4. The summed E-state index contributed by atoms with van der Waals surface area (Å²) < 4.78 is 12.9. The molecule has 0 radical (unpaired) electrons. The molecule has 0 aliphatic carbocycles. The number of esters is 1. The lowest BCUT2D eigenvalue weighted by atomic mass is 9.70. The first-order valence-corrected chi connectivity index (χ1v) is 17.3. The molecule has 2 aromatic carbocycles.